The summed E-state index contributed by atoms with van der Waals surface area (Å²) in [6.45, 7) is 7.45. The Morgan fingerprint density at radius 1 is 0.879 bits per heavy atom. The van der Waals surface area contributed by atoms with Crippen molar-refractivity contribution in [2.75, 3.05) is 4.72 Å². The Morgan fingerprint density at radius 2 is 1.58 bits per heavy atom. The van der Waals surface area contributed by atoms with Gasteiger partial charge in [-0.25, -0.2) is 13.1 Å². The summed E-state index contributed by atoms with van der Waals surface area (Å²) in [5, 5.41) is 9.92. The molecule has 0 radical (unpaired) electrons. The zero-order valence-electron chi connectivity index (χ0n) is 18.6. The molecule has 33 heavy (non-hydrogen) atoms. The minimum atomic E-state index is -3.90. The number of nitrogens with zero attached hydrogens (tertiary/aromatic N) is 4. The lowest BCUT2D eigenvalue weighted by atomic mass is 10.2. The Balaban J connectivity index is 1.67. The van der Waals surface area contributed by atoms with Crippen LogP contribution in [0.4, 0.5) is 5.69 Å². The third kappa shape index (κ3) is 4.51. The summed E-state index contributed by atoms with van der Waals surface area (Å²) in [7, 11) is -3.90. The zero-order chi connectivity index (χ0) is 23.9. The van der Waals surface area contributed by atoms with Crippen molar-refractivity contribution in [1.82, 2.24) is 19.6 Å². The van der Waals surface area contributed by atoms with Crippen LogP contribution in [0.15, 0.2) is 53.4 Å². The fraction of sp³-hybridized carbons (Fsp3) is 0.217. The number of rotatable bonds is 6. The molecule has 2 heterocycles. The summed E-state index contributed by atoms with van der Waals surface area (Å²) in [5.41, 5.74) is 4.35. The minimum Gasteiger partial charge on any atom is -0.276 e. The Kier molecular flexibility index (Phi) is 6.26. The fourth-order valence-electron chi connectivity index (χ4n) is 3.83. The highest BCUT2D eigenvalue weighted by Crippen LogP contribution is 2.29. The molecule has 0 spiro atoms. The van der Waals surface area contributed by atoms with Gasteiger partial charge in [-0.05, 0) is 57.5 Å². The smallest absolute Gasteiger partial charge is 0.265 e. The number of halogens is 2. The molecule has 172 valence electrons. The van der Waals surface area contributed by atoms with Crippen molar-refractivity contribution in [2.45, 2.75) is 39.1 Å². The van der Waals surface area contributed by atoms with Gasteiger partial charge in [0.2, 0.25) is 0 Å². The predicted octanol–water partition coefficient (Wildman–Crippen LogP) is 5.46. The van der Waals surface area contributed by atoms with E-state index in [9.17, 15) is 8.42 Å². The predicted molar refractivity (Wildman–Crippen MR) is 131 cm³/mol. The lowest BCUT2D eigenvalue weighted by Gasteiger charge is -2.10. The number of anilines is 1. The van der Waals surface area contributed by atoms with Gasteiger partial charge in [0.05, 0.1) is 50.7 Å². The third-order valence-electron chi connectivity index (χ3n) is 5.43. The van der Waals surface area contributed by atoms with Crippen LogP contribution in [0.25, 0.3) is 5.69 Å². The van der Waals surface area contributed by atoms with Gasteiger partial charge >= 0.3 is 0 Å². The van der Waals surface area contributed by atoms with Gasteiger partial charge in [-0.1, -0.05) is 47.5 Å². The van der Waals surface area contributed by atoms with Crippen molar-refractivity contribution in [1.29, 1.82) is 0 Å². The fourth-order valence-corrected chi connectivity index (χ4v) is 5.72. The summed E-state index contributed by atoms with van der Waals surface area (Å²) >= 11 is 12.1. The maximum Gasteiger partial charge on any atom is 0.265 e. The number of benzene rings is 2. The molecular weight excluding hydrogens is 481 g/mol. The number of nitrogens with one attached hydrogen (secondary N) is 1. The highest BCUT2D eigenvalue weighted by Gasteiger charge is 2.27. The summed E-state index contributed by atoms with van der Waals surface area (Å²) in [6, 6.07) is 14.8. The number of sulfonamides is 1. The maximum atomic E-state index is 13.4. The summed E-state index contributed by atoms with van der Waals surface area (Å²) in [6.07, 6.45) is 0. The van der Waals surface area contributed by atoms with Gasteiger partial charge < -0.3 is 0 Å². The SMILES string of the molecule is Cc1nn(Cc2ccc(Cl)c(Cl)c2)c(C)c1NS(=O)(=O)c1c(C)nn(-c2ccccc2)c1C. The molecule has 0 unspecified atom stereocenters. The Morgan fingerprint density at radius 3 is 2.24 bits per heavy atom. The lowest BCUT2D eigenvalue weighted by Crippen LogP contribution is -2.16. The molecule has 0 saturated heterocycles. The van der Waals surface area contributed by atoms with E-state index in [0.717, 1.165) is 11.3 Å². The molecule has 0 atom stereocenters. The molecule has 2 aromatic carbocycles. The second-order valence-corrected chi connectivity index (χ2v) is 10.2. The van der Waals surface area contributed by atoms with Crippen molar-refractivity contribution in [3.05, 3.63) is 86.9 Å². The minimum absolute atomic E-state index is 0.155. The molecule has 4 rings (SSSR count). The van der Waals surface area contributed by atoms with Gasteiger partial charge in [0, 0.05) is 0 Å². The van der Waals surface area contributed by atoms with Crippen LogP contribution in [0.3, 0.4) is 0 Å². The van der Waals surface area contributed by atoms with E-state index in [1.165, 1.54) is 0 Å². The molecule has 2 aromatic heterocycles. The second kappa shape index (κ2) is 8.85. The van der Waals surface area contributed by atoms with E-state index in [-0.39, 0.29) is 4.90 Å². The monoisotopic (exact) mass is 503 g/mol. The normalized spacial score (nSPS) is 11.7. The summed E-state index contributed by atoms with van der Waals surface area (Å²) in [5.74, 6) is 0. The van der Waals surface area contributed by atoms with E-state index in [0.29, 0.717) is 45.1 Å². The van der Waals surface area contributed by atoms with Crippen LogP contribution >= 0.6 is 23.2 Å². The van der Waals surface area contributed by atoms with Crippen LogP contribution in [0, 0.1) is 27.7 Å². The van der Waals surface area contributed by atoms with Crippen LogP contribution in [-0.2, 0) is 16.6 Å². The first-order chi connectivity index (χ1) is 15.6. The number of aromatic nitrogens is 4. The molecule has 0 aliphatic heterocycles. The van der Waals surface area contributed by atoms with Gasteiger partial charge in [-0.3, -0.25) is 9.40 Å². The molecule has 7 nitrogen and oxygen atoms in total. The molecule has 0 saturated carbocycles. The quantitative estimate of drug-likeness (QED) is 0.378. The van der Waals surface area contributed by atoms with E-state index < -0.39 is 10.0 Å². The van der Waals surface area contributed by atoms with E-state index in [1.807, 2.05) is 43.3 Å². The molecule has 0 aliphatic rings. The van der Waals surface area contributed by atoms with Gasteiger partial charge in [0.15, 0.2) is 0 Å². The molecule has 0 bridgehead atoms. The third-order valence-corrected chi connectivity index (χ3v) is 7.77. The first-order valence-electron chi connectivity index (χ1n) is 10.2. The first-order valence-corrected chi connectivity index (χ1v) is 12.4. The van der Waals surface area contributed by atoms with E-state index >= 15 is 0 Å². The van der Waals surface area contributed by atoms with Gasteiger partial charge in [-0.2, -0.15) is 10.2 Å². The highest BCUT2D eigenvalue weighted by molar-refractivity contribution is 7.92. The molecular formula is C23H23Cl2N5O2S. The summed E-state index contributed by atoms with van der Waals surface area (Å²) in [4.78, 5) is 0.155. The number of para-hydroxylation sites is 1. The van der Waals surface area contributed by atoms with Crippen LogP contribution < -0.4 is 4.72 Å². The lowest BCUT2D eigenvalue weighted by molar-refractivity contribution is 0.600. The van der Waals surface area contributed by atoms with Crippen molar-refractivity contribution in [3.8, 4) is 5.69 Å². The molecule has 0 amide bonds. The number of hydrogen-bond acceptors (Lipinski definition) is 4. The van der Waals surface area contributed by atoms with E-state index in [2.05, 4.69) is 14.9 Å². The van der Waals surface area contributed by atoms with E-state index in [1.54, 1.807) is 42.3 Å². The Hall–Kier alpha value is -2.81. The Bertz CT molecular complexity index is 1440. The highest BCUT2D eigenvalue weighted by atomic mass is 35.5. The molecule has 0 aliphatic carbocycles. The molecule has 10 heteroatoms. The maximum absolute atomic E-state index is 13.4. The molecule has 0 fully saturated rings. The van der Waals surface area contributed by atoms with Crippen molar-refractivity contribution in [3.63, 3.8) is 0 Å². The van der Waals surface area contributed by atoms with Gasteiger partial charge in [-0.15, -0.1) is 0 Å². The average molecular weight is 504 g/mol. The summed E-state index contributed by atoms with van der Waals surface area (Å²) < 4.78 is 32.9. The van der Waals surface area contributed by atoms with Crippen LogP contribution in [-0.4, -0.2) is 28.0 Å². The largest absolute Gasteiger partial charge is 0.276 e. The average Bonchev–Trinajstić information content (AvgIpc) is 3.21. The second-order valence-electron chi connectivity index (χ2n) is 7.80. The molecule has 1 N–H and O–H groups in total. The number of hydrogen-bond donors (Lipinski definition) is 1. The first kappa shape index (κ1) is 23.4. The Labute approximate surface area is 203 Å². The standard InChI is InChI=1S/C23H23Cl2N5O2S/c1-14-22(16(3)29(26-14)13-18-10-11-20(24)21(25)12-18)28-33(31,32)23-15(2)27-30(17(23)4)19-8-6-5-7-9-19/h5-12,28H,13H2,1-4H3. The van der Waals surface area contributed by atoms with Crippen LogP contribution in [0.1, 0.15) is 28.3 Å². The van der Waals surface area contributed by atoms with Gasteiger partial charge in [0.1, 0.15) is 4.90 Å². The van der Waals surface area contributed by atoms with Crippen molar-refractivity contribution >= 4 is 38.9 Å². The topological polar surface area (TPSA) is 81.8 Å². The van der Waals surface area contributed by atoms with Crippen LogP contribution in [0.5, 0.6) is 0 Å². The van der Waals surface area contributed by atoms with Crippen LogP contribution in [0.2, 0.25) is 10.0 Å². The van der Waals surface area contributed by atoms with E-state index in [4.69, 9.17) is 23.2 Å². The van der Waals surface area contributed by atoms with Crippen molar-refractivity contribution < 1.29 is 8.42 Å². The number of aryl methyl sites for hydroxylation is 2. The van der Waals surface area contributed by atoms with Crippen molar-refractivity contribution in [2.24, 2.45) is 0 Å². The zero-order valence-corrected chi connectivity index (χ0v) is 20.9. The van der Waals surface area contributed by atoms with Gasteiger partial charge in [0.25, 0.3) is 10.0 Å². The molecule has 4 aromatic rings.